The Morgan fingerprint density at radius 1 is 1.50 bits per heavy atom. The molecule has 3 heteroatoms. The van der Waals surface area contributed by atoms with Gasteiger partial charge in [-0.2, -0.15) is 13.2 Å². The highest BCUT2D eigenvalue weighted by Crippen LogP contribution is 2.18. The Morgan fingerprint density at radius 3 is 2.12 bits per heavy atom. The first-order chi connectivity index (χ1) is 3.56. The van der Waals surface area contributed by atoms with E-state index in [9.17, 15) is 13.2 Å². The number of hydrogen-bond acceptors (Lipinski definition) is 0. The molecule has 0 aliphatic rings. The molecule has 0 spiro atoms. The van der Waals surface area contributed by atoms with Crippen LogP contribution in [0.3, 0.4) is 0 Å². The van der Waals surface area contributed by atoms with Gasteiger partial charge in [0.05, 0.1) is 6.42 Å². The lowest BCUT2D eigenvalue weighted by atomic mass is 10.4. The van der Waals surface area contributed by atoms with Gasteiger partial charge in [0.2, 0.25) is 0 Å². The molecule has 47 valence electrons. The number of rotatable bonds is 1. The molecule has 0 saturated heterocycles. The molecule has 0 unspecified atom stereocenters. The molecule has 0 aliphatic carbocycles. The predicted octanol–water partition coefficient (Wildman–Crippen LogP) is 2.32. The molecule has 8 heavy (non-hydrogen) atoms. The summed E-state index contributed by atoms with van der Waals surface area (Å²) in [5.41, 5.74) is 0. The van der Waals surface area contributed by atoms with Crippen LogP contribution in [0.5, 0.6) is 0 Å². The molecule has 0 bridgehead atoms. The Balaban J connectivity index is 3.39. The van der Waals surface area contributed by atoms with E-state index in [2.05, 4.69) is 0 Å². The van der Waals surface area contributed by atoms with Crippen molar-refractivity contribution in [3.05, 3.63) is 12.2 Å². The van der Waals surface area contributed by atoms with Crippen molar-refractivity contribution in [3.63, 3.8) is 0 Å². The Morgan fingerprint density at radius 2 is 2.00 bits per heavy atom. The molecule has 0 amide bonds. The molecule has 0 aromatic heterocycles. The zero-order chi connectivity index (χ0) is 6.62. The van der Waals surface area contributed by atoms with E-state index in [0.29, 0.717) is 0 Å². The summed E-state index contributed by atoms with van der Waals surface area (Å²) in [4.78, 5) is 0. The number of alkyl halides is 3. The lowest BCUT2D eigenvalue weighted by Gasteiger charge is -1.98. The van der Waals surface area contributed by atoms with Crippen LogP contribution in [-0.4, -0.2) is 6.18 Å². The Labute approximate surface area is 46.0 Å². The number of halogens is 3. The van der Waals surface area contributed by atoms with Gasteiger partial charge in [-0.3, -0.25) is 0 Å². The third-order valence-corrected chi connectivity index (χ3v) is 0.507. The van der Waals surface area contributed by atoms with Gasteiger partial charge in [0.25, 0.3) is 0 Å². The second kappa shape index (κ2) is 2.74. The van der Waals surface area contributed by atoms with Gasteiger partial charge in [0, 0.05) is 0 Å². The van der Waals surface area contributed by atoms with Crippen LogP contribution in [0.25, 0.3) is 0 Å². The fourth-order valence-corrected chi connectivity index (χ4v) is 0.218. The largest absolute Gasteiger partial charge is 0.393 e. The Hall–Kier alpha value is -0.470. The summed E-state index contributed by atoms with van der Waals surface area (Å²) >= 11 is 0. The van der Waals surface area contributed by atoms with Crippen molar-refractivity contribution in [3.8, 4) is 0 Å². The van der Waals surface area contributed by atoms with Crippen LogP contribution in [0.15, 0.2) is 6.08 Å². The summed E-state index contributed by atoms with van der Waals surface area (Å²) in [5, 5.41) is 0. The summed E-state index contributed by atoms with van der Waals surface area (Å²) in [6.07, 6.45) is -1.74. The fraction of sp³-hybridized carbons (Fsp3) is 0.600. The van der Waals surface area contributed by atoms with Gasteiger partial charge in [-0.15, -0.1) is 0 Å². The fourth-order valence-electron chi connectivity index (χ4n) is 0.218. The smallest absolute Gasteiger partial charge is 0.171 e. The minimum absolute atomic E-state index is 0.941. The van der Waals surface area contributed by atoms with Crippen molar-refractivity contribution in [2.24, 2.45) is 0 Å². The molecule has 0 atom stereocenters. The Bertz CT molecular complexity index is 80.2. The molecule has 0 fully saturated rings. The molecule has 0 saturated carbocycles. The lowest BCUT2D eigenvalue weighted by molar-refractivity contribution is -0.126. The average Bonchev–Trinajstić information content (AvgIpc) is 1.59. The Kier molecular flexibility index (Phi) is 2.58. The van der Waals surface area contributed by atoms with Gasteiger partial charge in [0.15, 0.2) is 0 Å². The van der Waals surface area contributed by atoms with Crippen LogP contribution in [-0.2, 0) is 0 Å². The average molecular weight is 123 g/mol. The van der Waals surface area contributed by atoms with E-state index in [1.165, 1.54) is 13.0 Å². The van der Waals surface area contributed by atoms with Crippen molar-refractivity contribution in [1.82, 2.24) is 0 Å². The third kappa shape index (κ3) is 5.53. The lowest BCUT2D eigenvalue weighted by Crippen LogP contribution is -2.04. The predicted molar refractivity (Wildman–Crippen MR) is 24.2 cm³/mol. The molecule has 0 aliphatic heterocycles. The van der Waals surface area contributed by atoms with Gasteiger partial charge in [-0.05, 0) is 13.0 Å². The summed E-state index contributed by atoms with van der Waals surface area (Å²) in [7, 11) is 0. The highest BCUT2D eigenvalue weighted by molar-refractivity contribution is 4.70. The highest BCUT2D eigenvalue weighted by Gasteiger charge is 2.24. The number of hydrogen-bond donors (Lipinski definition) is 0. The molecule has 0 aromatic rings. The van der Waals surface area contributed by atoms with Crippen molar-refractivity contribution >= 4 is 0 Å². The van der Waals surface area contributed by atoms with Crippen LogP contribution < -0.4 is 0 Å². The van der Waals surface area contributed by atoms with E-state index < -0.39 is 12.6 Å². The van der Waals surface area contributed by atoms with E-state index in [0.717, 1.165) is 0 Å². The second-order valence-corrected chi connectivity index (χ2v) is 1.28. The first-order valence-corrected chi connectivity index (χ1v) is 2.14. The maximum Gasteiger partial charge on any atom is 0.393 e. The normalized spacial score (nSPS) is 13.0. The van der Waals surface area contributed by atoms with Crippen molar-refractivity contribution < 1.29 is 13.2 Å². The summed E-state index contributed by atoms with van der Waals surface area (Å²) in [6, 6.07) is 0. The minimum Gasteiger partial charge on any atom is -0.171 e. The molecule has 0 nitrogen and oxygen atoms in total. The molecule has 0 aromatic carbocycles. The van der Waals surface area contributed by atoms with Gasteiger partial charge < -0.3 is 0 Å². The SMILES string of the molecule is C/C=[C]/CC(F)(F)F. The molecule has 1 radical (unpaired) electrons. The van der Waals surface area contributed by atoms with Gasteiger partial charge >= 0.3 is 6.18 Å². The summed E-state index contributed by atoms with van der Waals surface area (Å²) < 4.78 is 33.5. The summed E-state index contributed by atoms with van der Waals surface area (Å²) in [6.45, 7) is 1.51. The number of allylic oxidation sites excluding steroid dienone is 2. The zero-order valence-corrected chi connectivity index (χ0v) is 4.42. The molecule has 0 heterocycles. The van der Waals surface area contributed by atoms with Crippen LogP contribution in [0.4, 0.5) is 13.2 Å². The van der Waals surface area contributed by atoms with Crippen molar-refractivity contribution in [1.29, 1.82) is 0 Å². The van der Waals surface area contributed by atoms with Gasteiger partial charge in [-0.25, -0.2) is 0 Å². The van der Waals surface area contributed by atoms with Gasteiger partial charge in [0.1, 0.15) is 0 Å². The van der Waals surface area contributed by atoms with E-state index in [-0.39, 0.29) is 0 Å². The van der Waals surface area contributed by atoms with Crippen LogP contribution in [0.1, 0.15) is 13.3 Å². The van der Waals surface area contributed by atoms with Crippen LogP contribution in [0, 0.1) is 6.08 Å². The highest BCUT2D eigenvalue weighted by atomic mass is 19.4. The zero-order valence-electron chi connectivity index (χ0n) is 4.42. The van der Waals surface area contributed by atoms with Gasteiger partial charge in [-0.1, -0.05) is 6.08 Å². The van der Waals surface area contributed by atoms with E-state index in [1.807, 2.05) is 6.08 Å². The molecular formula is C5H6F3. The topological polar surface area (TPSA) is 0 Å². The molecule has 0 N–H and O–H groups in total. The second-order valence-electron chi connectivity index (χ2n) is 1.28. The minimum atomic E-state index is -4.09. The van der Waals surface area contributed by atoms with Crippen molar-refractivity contribution in [2.75, 3.05) is 0 Å². The third-order valence-electron chi connectivity index (χ3n) is 0.507. The van der Waals surface area contributed by atoms with Crippen molar-refractivity contribution in [2.45, 2.75) is 19.5 Å². The maximum atomic E-state index is 11.2. The standard InChI is InChI=1S/C5H6F3/c1-2-3-4-5(6,7)8/h2H,4H2,1H3. The summed E-state index contributed by atoms with van der Waals surface area (Å²) in [5.74, 6) is 0. The van der Waals surface area contributed by atoms with Crippen LogP contribution in [0.2, 0.25) is 0 Å². The first-order valence-electron chi connectivity index (χ1n) is 2.14. The quantitative estimate of drug-likeness (QED) is 0.502. The molecular weight excluding hydrogens is 117 g/mol. The monoisotopic (exact) mass is 123 g/mol. The maximum absolute atomic E-state index is 11.2. The van der Waals surface area contributed by atoms with Crippen LogP contribution >= 0.6 is 0 Å². The van der Waals surface area contributed by atoms with E-state index >= 15 is 0 Å². The van der Waals surface area contributed by atoms with E-state index in [4.69, 9.17) is 0 Å². The molecule has 0 rings (SSSR count). The van der Waals surface area contributed by atoms with E-state index in [1.54, 1.807) is 0 Å². The first kappa shape index (κ1) is 7.53.